The van der Waals surface area contributed by atoms with Crippen LogP contribution in [0.1, 0.15) is 29.3 Å². The predicted octanol–water partition coefficient (Wildman–Crippen LogP) is 5.34. The Labute approximate surface area is 163 Å². The molecule has 0 radical (unpaired) electrons. The Morgan fingerprint density at radius 2 is 1.64 bits per heavy atom. The van der Waals surface area contributed by atoms with Crippen molar-refractivity contribution in [3.05, 3.63) is 95.6 Å². The molecule has 1 fully saturated rings. The minimum absolute atomic E-state index is 0.194. The molecule has 1 amide bonds. The maximum atomic E-state index is 14.3. The molecule has 142 valence electrons. The highest BCUT2D eigenvalue weighted by Gasteiger charge is 2.53. The number of amides is 1. The van der Waals surface area contributed by atoms with Crippen LogP contribution in [-0.2, 0) is 5.41 Å². The van der Waals surface area contributed by atoms with E-state index in [1.54, 1.807) is 12.1 Å². The first-order valence-electron chi connectivity index (χ1n) is 9.39. The lowest BCUT2D eigenvalue weighted by Crippen LogP contribution is -2.33. The highest BCUT2D eigenvalue weighted by molar-refractivity contribution is 5.94. The van der Waals surface area contributed by atoms with Gasteiger partial charge in [0.15, 0.2) is 0 Å². The van der Waals surface area contributed by atoms with Crippen LogP contribution in [-0.4, -0.2) is 12.5 Å². The molecule has 1 aliphatic carbocycles. The van der Waals surface area contributed by atoms with Crippen LogP contribution in [0.15, 0.2) is 72.8 Å². The Hall–Kier alpha value is -3.01. The molecule has 0 bridgehead atoms. The molecular weight excluding hydrogens is 356 g/mol. The molecule has 0 aliphatic heterocycles. The number of halogens is 2. The molecule has 4 heteroatoms. The molecule has 1 saturated carbocycles. The third kappa shape index (κ3) is 3.42. The van der Waals surface area contributed by atoms with Gasteiger partial charge in [-0.3, -0.25) is 4.79 Å². The lowest BCUT2D eigenvalue weighted by Gasteiger charge is -2.19. The molecule has 2 unspecified atom stereocenters. The van der Waals surface area contributed by atoms with Gasteiger partial charge in [-0.05, 0) is 47.2 Å². The number of benzene rings is 3. The summed E-state index contributed by atoms with van der Waals surface area (Å²) >= 11 is 0. The molecule has 3 aromatic rings. The lowest BCUT2D eigenvalue weighted by molar-refractivity contribution is 0.0949. The minimum Gasteiger partial charge on any atom is -0.351 e. The fourth-order valence-electron chi connectivity index (χ4n) is 3.88. The molecule has 0 spiro atoms. The third-order valence-corrected chi connectivity index (χ3v) is 5.74. The summed E-state index contributed by atoms with van der Waals surface area (Å²) in [4.78, 5) is 12.6. The van der Waals surface area contributed by atoms with Gasteiger partial charge in [0.05, 0.1) is 0 Å². The average Bonchev–Trinajstić information content (AvgIpc) is 3.37. The fraction of sp³-hybridized carbons (Fsp3) is 0.208. The molecule has 1 aliphatic rings. The first-order valence-corrected chi connectivity index (χ1v) is 9.39. The average molecular weight is 377 g/mol. The molecule has 0 saturated heterocycles. The van der Waals surface area contributed by atoms with Gasteiger partial charge in [0.2, 0.25) is 0 Å². The monoisotopic (exact) mass is 377 g/mol. The number of carbonyl (C=O) groups is 1. The van der Waals surface area contributed by atoms with E-state index >= 15 is 0 Å². The summed E-state index contributed by atoms with van der Waals surface area (Å²) in [6.07, 6.45) is 0.767. The molecule has 0 heterocycles. The quantitative estimate of drug-likeness (QED) is 0.639. The van der Waals surface area contributed by atoms with Crippen LogP contribution in [0.3, 0.4) is 0 Å². The molecule has 4 rings (SSSR count). The Morgan fingerprint density at radius 3 is 2.25 bits per heavy atom. The Bertz CT molecular complexity index is 1000. The number of nitrogens with one attached hydrogen (secondary N) is 1. The van der Waals surface area contributed by atoms with Crippen LogP contribution in [0.4, 0.5) is 8.78 Å². The summed E-state index contributed by atoms with van der Waals surface area (Å²) in [6.45, 7) is 2.35. The van der Waals surface area contributed by atoms with Gasteiger partial charge in [-0.2, -0.15) is 0 Å². The molecule has 28 heavy (non-hydrogen) atoms. The smallest absolute Gasteiger partial charge is 0.251 e. The van der Waals surface area contributed by atoms with Crippen molar-refractivity contribution >= 4 is 5.91 Å². The Morgan fingerprint density at radius 1 is 1.00 bits per heavy atom. The Balaban J connectivity index is 1.46. The lowest BCUT2D eigenvalue weighted by atomic mass is 9.92. The molecule has 0 aromatic heterocycles. The minimum atomic E-state index is -0.591. The maximum absolute atomic E-state index is 14.3. The van der Waals surface area contributed by atoms with Crippen molar-refractivity contribution in [1.82, 2.24) is 5.32 Å². The second-order valence-corrected chi connectivity index (χ2v) is 7.51. The van der Waals surface area contributed by atoms with E-state index in [2.05, 4.69) is 5.32 Å². The van der Waals surface area contributed by atoms with E-state index in [-0.39, 0.29) is 11.8 Å². The van der Waals surface area contributed by atoms with Crippen molar-refractivity contribution in [2.75, 3.05) is 6.54 Å². The number of hydrogen-bond donors (Lipinski definition) is 1. The largest absolute Gasteiger partial charge is 0.351 e. The van der Waals surface area contributed by atoms with E-state index in [4.69, 9.17) is 0 Å². The van der Waals surface area contributed by atoms with Gasteiger partial charge in [-0.25, -0.2) is 8.78 Å². The van der Waals surface area contributed by atoms with Crippen molar-refractivity contribution in [2.24, 2.45) is 5.92 Å². The van der Waals surface area contributed by atoms with Gasteiger partial charge in [0.1, 0.15) is 11.6 Å². The van der Waals surface area contributed by atoms with Gasteiger partial charge >= 0.3 is 0 Å². The van der Waals surface area contributed by atoms with E-state index in [1.165, 1.54) is 12.1 Å². The number of carbonyl (C=O) groups excluding carboxylic acids is 1. The topological polar surface area (TPSA) is 29.1 Å². The van der Waals surface area contributed by atoms with Crippen LogP contribution >= 0.6 is 0 Å². The first-order chi connectivity index (χ1) is 13.5. The molecule has 1 N–H and O–H groups in total. The van der Waals surface area contributed by atoms with E-state index in [0.29, 0.717) is 17.7 Å². The molecular formula is C24H21F2NO. The van der Waals surface area contributed by atoms with Crippen LogP contribution in [0.25, 0.3) is 11.1 Å². The predicted molar refractivity (Wildman–Crippen MR) is 106 cm³/mol. The van der Waals surface area contributed by atoms with Gasteiger partial charge in [0, 0.05) is 23.6 Å². The number of rotatable bonds is 5. The molecule has 2 nitrogen and oxygen atoms in total. The second-order valence-electron chi connectivity index (χ2n) is 7.51. The molecule has 2 atom stereocenters. The van der Waals surface area contributed by atoms with Crippen molar-refractivity contribution in [1.29, 1.82) is 0 Å². The third-order valence-electron chi connectivity index (χ3n) is 5.74. The summed E-state index contributed by atoms with van der Waals surface area (Å²) in [7, 11) is 0. The van der Waals surface area contributed by atoms with E-state index in [9.17, 15) is 13.6 Å². The first kappa shape index (κ1) is 18.4. The Kier molecular flexibility index (Phi) is 4.71. The number of hydrogen-bond acceptors (Lipinski definition) is 1. The van der Waals surface area contributed by atoms with Crippen LogP contribution in [0.5, 0.6) is 0 Å². The summed E-state index contributed by atoms with van der Waals surface area (Å²) in [5.74, 6) is -1.10. The molecule has 3 aromatic carbocycles. The van der Waals surface area contributed by atoms with Gasteiger partial charge in [-0.1, -0.05) is 55.5 Å². The van der Waals surface area contributed by atoms with Crippen LogP contribution in [0, 0.1) is 17.6 Å². The highest BCUT2D eigenvalue weighted by atomic mass is 19.1. The second kappa shape index (κ2) is 7.19. The van der Waals surface area contributed by atoms with Crippen molar-refractivity contribution in [3.8, 4) is 11.1 Å². The van der Waals surface area contributed by atoms with Crippen LogP contribution in [0.2, 0.25) is 0 Å². The van der Waals surface area contributed by atoms with Crippen molar-refractivity contribution < 1.29 is 13.6 Å². The zero-order valence-corrected chi connectivity index (χ0v) is 15.6. The van der Waals surface area contributed by atoms with Gasteiger partial charge in [0.25, 0.3) is 5.91 Å². The van der Waals surface area contributed by atoms with Gasteiger partial charge in [-0.15, -0.1) is 0 Å². The summed E-state index contributed by atoms with van der Waals surface area (Å²) in [6, 6.07) is 21.0. The highest BCUT2D eigenvalue weighted by Crippen LogP contribution is 2.54. The maximum Gasteiger partial charge on any atom is 0.251 e. The van der Waals surface area contributed by atoms with Crippen LogP contribution < -0.4 is 5.32 Å². The standard InChI is InChI=1S/C24H21F2NO/c1-16-14-24(16,21-12-11-20(25)13-22(21)26)15-27-23(28)19-9-7-18(8-10-19)17-5-3-2-4-6-17/h2-13,16H,14-15H2,1H3,(H,27,28). The van der Waals surface area contributed by atoms with E-state index in [1.807, 2.05) is 49.4 Å². The normalized spacial score (nSPS) is 20.6. The zero-order chi connectivity index (χ0) is 19.7. The van der Waals surface area contributed by atoms with E-state index < -0.39 is 17.0 Å². The summed E-state index contributed by atoms with van der Waals surface area (Å²) in [5.41, 5.74) is 2.70. The summed E-state index contributed by atoms with van der Waals surface area (Å²) in [5, 5.41) is 2.93. The van der Waals surface area contributed by atoms with Crippen molar-refractivity contribution in [2.45, 2.75) is 18.8 Å². The fourth-order valence-corrected chi connectivity index (χ4v) is 3.88. The van der Waals surface area contributed by atoms with Gasteiger partial charge < -0.3 is 5.32 Å². The van der Waals surface area contributed by atoms with Crippen molar-refractivity contribution in [3.63, 3.8) is 0 Å². The SMILES string of the molecule is CC1CC1(CNC(=O)c1ccc(-c2ccccc2)cc1)c1ccc(F)cc1F. The summed E-state index contributed by atoms with van der Waals surface area (Å²) < 4.78 is 27.5. The zero-order valence-electron chi connectivity index (χ0n) is 15.6. The van der Waals surface area contributed by atoms with E-state index in [0.717, 1.165) is 23.6 Å².